The average Bonchev–Trinajstić information content (AvgIpc) is 3.05. The third kappa shape index (κ3) is 4.42. The number of nitrogen functional groups attached to an aromatic ring is 1. The molecule has 0 aromatic heterocycles. The number of rotatable bonds is 4. The SMILES string of the molecule is Nc1cc(Cl)cc(C#CCCNC(=O)OCC2c3ccccc3-c3ccccc32)c1. The average molecular weight is 417 g/mol. The molecule has 0 saturated heterocycles. The van der Waals surface area contributed by atoms with Gasteiger partial charge >= 0.3 is 6.09 Å². The molecule has 0 atom stereocenters. The van der Waals surface area contributed by atoms with Crippen molar-refractivity contribution < 1.29 is 9.53 Å². The number of nitrogens with two attached hydrogens (primary N) is 1. The standard InChI is InChI=1S/C25H21ClN2O2/c26-18-13-17(14-19(27)15-18)7-5-6-12-28-25(29)30-16-24-22-10-3-1-8-20(22)21-9-2-4-11-23(21)24/h1-4,8-11,13-15,24H,6,12,16,27H2,(H,28,29). The molecule has 3 aromatic rings. The second-order valence-corrected chi connectivity index (χ2v) is 7.51. The molecule has 1 aliphatic rings. The van der Waals surface area contributed by atoms with Crippen molar-refractivity contribution in [1.29, 1.82) is 0 Å². The molecule has 0 heterocycles. The lowest BCUT2D eigenvalue weighted by atomic mass is 9.98. The monoisotopic (exact) mass is 416 g/mol. The minimum absolute atomic E-state index is 0.0521. The molecule has 0 fully saturated rings. The van der Waals surface area contributed by atoms with E-state index in [4.69, 9.17) is 22.1 Å². The van der Waals surface area contributed by atoms with E-state index >= 15 is 0 Å². The normalized spacial score (nSPS) is 11.8. The van der Waals surface area contributed by atoms with Crippen LogP contribution in [0, 0.1) is 11.8 Å². The predicted octanol–water partition coefficient (Wildman–Crippen LogP) is 5.20. The fourth-order valence-electron chi connectivity index (χ4n) is 3.73. The lowest BCUT2D eigenvalue weighted by molar-refractivity contribution is 0.143. The van der Waals surface area contributed by atoms with Crippen LogP contribution in [0.15, 0.2) is 66.7 Å². The molecule has 0 radical (unpaired) electrons. The van der Waals surface area contributed by atoms with E-state index in [-0.39, 0.29) is 5.92 Å². The zero-order chi connectivity index (χ0) is 20.9. The Hall–Kier alpha value is -3.42. The van der Waals surface area contributed by atoms with Gasteiger partial charge in [0.2, 0.25) is 0 Å². The number of halogens is 1. The number of alkyl carbamates (subject to hydrolysis) is 1. The summed E-state index contributed by atoms with van der Waals surface area (Å²) in [5.41, 5.74) is 11.9. The van der Waals surface area contributed by atoms with Crippen molar-refractivity contribution in [2.45, 2.75) is 12.3 Å². The van der Waals surface area contributed by atoms with E-state index < -0.39 is 6.09 Å². The number of hydrogen-bond donors (Lipinski definition) is 2. The fourth-order valence-corrected chi connectivity index (χ4v) is 3.97. The first kappa shape index (κ1) is 19.9. The van der Waals surface area contributed by atoms with Crippen LogP contribution in [0.3, 0.4) is 0 Å². The molecule has 150 valence electrons. The fraction of sp³-hybridized carbons (Fsp3) is 0.160. The number of fused-ring (bicyclic) bond motifs is 3. The first-order chi connectivity index (χ1) is 14.6. The Balaban J connectivity index is 1.29. The zero-order valence-electron chi connectivity index (χ0n) is 16.3. The Labute approximate surface area is 181 Å². The van der Waals surface area contributed by atoms with Crippen LogP contribution < -0.4 is 11.1 Å². The predicted molar refractivity (Wildman–Crippen MR) is 120 cm³/mol. The van der Waals surface area contributed by atoms with E-state index in [9.17, 15) is 4.79 Å². The summed E-state index contributed by atoms with van der Waals surface area (Å²) in [5, 5.41) is 3.30. The van der Waals surface area contributed by atoms with E-state index in [1.165, 1.54) is 22.3 Å². The van der Waals surface area contributed by atoms with E-state index in [1.807, 2.05) is 24.3 Å². The number of ether oxygens (including phenoxy) is 1. The number of carbonyl (C=O) groups is 1. The zero-order valence-corrected chi connectivity index (χ0v) is 17.1. The van der Waals surface area contributed by atoms with Crippen molar-refractivity contribution in [3.63, 3.8) is 0 Å². The van der Waals surface area contributed by atoms with Crippen molar-refractivity contribution in [3.05, 3.63) is 88.4 Å². The topological polar surface area (TPSA) is 64.3 Å². The van der Waals surface area contributed by atoms with Gasteiger partial charge in [0, 0.05) is 35.2 Å². The van der Waals surface area contributed by atoms with Crippen molar-refractivity contribution in [2.75, 3.05) is 18.9 Å². The van der Waals surface area contributed by atoms with Gasteiger partial charge in [-0.25, -0.2) is 4.79 Å². The Kier molecular flexibility index (Phi) is 5.92. The maximum Gasteiger partial charge on any atom is 0.407 e. The van der Waals surface area contributed by atoms with Crippen LogP contribution in [0.5, 0.6) is 0 Å². The lowest BCUT2D eigenvalue weighted by Gasteiger charge is -2.14. The van der Waals surface area contributed by atoms with E-state index in [0.717, 1.165) is 5.56 Å². The van der Waals surface area contributed by atoms with Crippen LogP contribution in [-0.2, 0) is 4.74 Å². The minimum atomic E-state index is -0.439. The molecular weight excluding hydrogens is 396 g/mol. The third-order valence-electron chi connectivity index (χ3n) is 5.02. The summed E-state index contributed by atoms with van der Waals surface area (Å²) in [6.45, 7) is 0.701. The maximum absolute atomic E-state index is 12.1. The van der Waals surface area contributed by atoms with Crippen LogP contribution in [0.25, 0.3) is 11.1 Å². The summed E-state index contributed by atoms with van der Waals surface area (Å²) in [6.07, 6.45) is 0.0574. The molecule has 4 nitrogen and oxygen atoms in total. The smallest absolute Gasteiger partial charge is 0.407 e. The number of amides is 1. The summed E-state index contributed by atoms with van der Waals surface area (Å²) in [7, 11) is 0. The molecule has 0 unspecified atom stereocenters. The highest BCUT2D eigenvalue weighted by atomic mass is 35.5. The highest BCUT2D eigenvalue weighted by Gasteiger charge is 2.28. The molecule has 1 amide bonds. The Morgan fingerprint density at radius 1 is 1.03 bits per heavy atom. The van der Waals surface area contributed by atoms with Crippen molar-refractivity contribution in [2.24, 2.45) is 0 Å². The van der Waals surface area contributed by atoms with Crippen molar-refractivity contribution >= 4 is 23.4 Å². The summed E-state index contributed by atoms with van der Waals surface area (Å²) >= 11 is 5.96. The molecule has 0 bridgehead atoms. The molecule has 0 spiro atoms. The molecule has 3 aromatic carbocycles. The summed E-state index contributed by atoms with van der Waals surface area (Å²) < 4.78 is 5.50. The van der Waals surface area contributed by atoms with Gasteiger partial charge in [0.1, 0.15) is 6.61 Å². The molecule has 5 heteroatoms. The number of hydrogen-bond acceptors (Lipinski definition) is 3. The summed E-state index contributed by atoms with van der Waals surface area (Å²) in [5.74, 6) is 6.04. The Morgan fingerprint density at radius 2 is 1.70 bits per heavy atom. The molecular formula is C25H21ClN2O2. The Morgan fingerprint density at radius 3 is 2.37 bits per heavy atom. The maximum atomic E-state index is 12.1. The second kappa shape index (κ2) is 8.94. The van der Waals surface area contributed by atoms with Crippen LogP contribution in [0.2, 0.25) is 5.02 Å². The summed E-state index contributed by atoms with van der Waals surface area (Å²) in [6, 6.07) is 21.7. The van der Waals surface area contributed by atoms with Gasteiger partial charge in [-0.2, -0.15) is 0 Å². The first-order valence-electron chi connectivity index (χ1n) is 9.75. The van der Waals surface area contributed by atoms with Gasteiger partial charge in [0.25, 0.3) is 0 Å². The van der Waals surface area contributed by atoms with Crippen molar-refractivity contribution in [3.8, 4) is 23.0 Å². The van der Waals surface area contributed by atoms with Gasteiger partial charge in [0.05, 0.1) is 0 Å². The van der Waals surface area contributed by atoms with E-state index in [0.29, 0.717) is 30.3 Å². The Bertz CT molecular complexity index is 1080. The number of carbonyl (C=O) groups excluding carboxylic acids is 1. The highest BCUT2D eigenvalue weighted by Crippen LogP contribution is 2.44. The molecule has 3 N–H and O–H groups in total. The summed E-state index contributed by atoms with van der Waals surface area (Å²) in [4.78, 5) is 12.1. The van der Waals surface area contributed by atoms with Gasteiger partial charge in [-0.3, -0.25) is 0 Å². The van der Waals surface area contributed by atoms with Gasteiger partial charge in [-0.05, 0) is 40.5 Å². The minimum Gasteiger partial charge on any atom is -0.449 e. The quantitative estimate of drug-likeness (QED) is 0.349. The van der Waals surface area contributed by atoms with Gasteiger partial charge < -0.3 is 15.8 Å². The van der Waals surface area contributed by atoms with Gasteiger partial charge in [-0.1, -0.05) is 72.0 Å². The largest absolute Gasteiger partial charge is 0.449 e. The number of nitrogens with one attached hydrogen (secondary N) is 1. The van der Waals surface area contributed by atoms with Crippen molar-refractivity contribution in [1.82, 2.24) is 5.32 Å². The highest BCUT2D eigenvalue weighted by molar-refractivity contribution is 6.31. The molecule has 1 aliphatic carbocycles. The van der Waals surface area contributed by atoms with Crippen LogP contribution in [-0.4, -0.2) is 19.2 Å². The van der Waals surface area contributed by atoms with Gasteiger partial charge in [0.15, 0.2) is 0 Å². The van der Waals surface area contributed by atoms with E-state index in [2.05, 4.69) is 41.4 Å². The van der Waals surface area contributed by atoms with Crippen LogP contribution >= 0.6 is 11.6 Å². The molecule has 0 aliphatic heterocycles. The van der Waals surface area contributed by atoms with Crippen LogP contribution in [0.4, 0.5) is 10.5 Å². The number of anilines is 1. The number of benzene rings is 3. The van der Waals surface area contributed by atoms with Crippen LogP contribution in [0.1, 0.15) is 29.0 Å². The molecule has 4 rings (SSSR count). The van der Waals surface area contributed by atoms with Gasteiger partial charge in [-0.15, -0.1) is 0 Å². The molecule has 30 heavy (non-hydrogen) atoms. The third-order valence-corrected chi connectivity index (χ3v) is 5.23. The first-order valence-corrected chi connectivity index (χ1v) is 10.1. The molecule has 0 saturated carbocycles. The van der Waals surface area contributed by atoms with E-state index in [1.54, 1.807) is 18.2 Å². The lowest BCUT2D eigenvalue weighted by Crippen LogP contribution is -2.26. The second-order valence-electron chi connectivity index (χ2n) is 7.08.